The number of carbonyl (C=O) groups excluding carboxylic acids is 1. The molecule has 0 aliphatic carbocycles. The number of carbonyl (C=O) groups is 1. The van der Waals surface area contributed by atoms with Gasteiger partial charge in [0.05, 0.1) is 11.8 Å². The van der Waals surface area contributed by atoms with Gasteiger partial charge in [-0.1, -0.05) is 12.1 Å². The van der Waals surface area contributed by atoms with Crippen LogP contribution in [0.4, 0.5) is 11.5 Å². The second-order valence-corrected chi connectivity index (χ2v) is 3.59. The highest BCUT2D eigenvalue weighted by Crippen LogP contribution is 2.16. The third kappa shape index (κ3) is 2.28. The summed E-state index contributed by atoms with van der Waals surface area (Å²) in [6, 6.07) is 9.10. The first-order valence-electron chi connectivity index (χ1n) is 5.28. The van der Waals surface area contributed by atoms with Gasteiger partial charge in [0.1, 0.15) is 5.82 Å². The van der Waals surface area contributed by atoms with Gasteiger partial charge >= 0.3 is 0 Å². The normalized spacial score (nSPS) is 10.0. The van der Waals surface area contributed by atoms with Gasteiger partial charge in [0.25, 0.3) is 5.91 Å². The second kappa shape index (κ2) is 4.69. The smallest absolute Gasteiger partial charge is 0.258 e. The number of rotatable bonds is 3. The summed E-state index contributed by atoms with van der Waals surface area (Å²) >= 11 is 0. The third-order valence-electron chi connectivity index (χ3n) is 2.50. The number of para-hydroxylation sites is 1. The maximum Gasteiger partial charge on any atom is 0.258 e. The predicted molar refractivity (Wildman–Crippen MR) is 67.1 cm³/mol. The molecule has 1 amide bonds. The number of hydrogen-bond acceptors (Lipinski definition) is 3. The van der Waals surface area contributed by atoms with Gasteiger partial charge in [-0.2, -0.15) is 5.10 Å². The first-order chi connectivity index (χ1) is 8.22. The van der Waals surface area contributed by atoms with Crippen molar-refractivity contribution in [3.05, 3.63) is 42.1 Å². The van der Waals surface area contributed by atoms with Crippen molar-refractivity contribution >= 4 is 17.4 Å². The van der Waals surface area contributed by atoms with E-state index in [0.29, 0.717) is 11.4 Å². The molecule has 1 heterocycles. The minimum absolute atomic E-state index is 0.154. The second-order valence-electron chi connectivity index (χ2n) is 3.59. The standard InChI is InChI=1S/C12H14N4O/c1-13-10-6-4-3-5-9(10)12(17)15-11-7-8-14-16(11)2/h3-8,13H,1-2H3,(H,15,17). The van der Waals surface area contributed by atoms with Crippen LogP contribution in [0.1, 0.15) is 10.4 Å². The van der Waals surface area contributed by atoms with Gasteiger partial charge in [-0.25, -0.2) is 0 Å². The summed E-state index contributed by atoms with van der Waals surface area (Å²) in [4.78, 5) is 12.1. The Labute approximate surface area is 99.5 Å². The molecule has 0 aliphatic rings. The summed E-state index contributed by atoms with van der Waals surface area (Å²) in [6.45, 7) is 0. The van der Waals surface area contributed by atoms with Crippen LogP contribution in [-0.4, -0.2) is 22.7 Å². The Kier molecular flexibility index (Phi) is 3.09. The maximum absolute atomic E-state index is 12.1. The lowest BCUT2D eigenvalue weighted by atomic mass is 10.1. The van der Waals surface area contributed by atoms with Crippen LogP contribution in [0.3, 0.4) is 0 Å². The monoisotopic (exact) mass is 230 g/mol. The molecule has 5 nitrogen and oxygen atoms in total. The zero-order valence-electron chi connectivity index (χ0n) is 9.77. The van der Waals surface area contributed by atoms with E-state index in [1.165, 1.54) is 0 Å². The fourth-order valence-electron chi connectivity index (χ4n) is 1.58. The summed E-state index contributed by atoms with van der Waals surface area (Å²) in [5, 5.41) is 9.78. The molecule has 0 saturated carbocycles. The lowest BCUT2D eigenvalue weighted by Crippen LogP contribution is -2.16. The van der Waals surface area contributed by atoms with Gasteiger partial charge in [0.15, 0.2) is 0 Å². The molecular formula is C12H14N4O. The van der Waals surface area contributed by atoms with E-state index in [-0.39, 0.29) is 5.91 Å². The van der Waals surface area contributed by atoms with Gasteiger partial charge in [-0.05, 0) is 12.1 Å². The van der Waals surface area contributed by atoms with Crippen LogP contribution in [0, 0.1) is 0 Å². The molecule has 5 heteroatoms. The molecule has 0 saturated heterocycles. The van der Waals surface area contributed by atoms with Gasteiger partial charge < -0.3 is 10.6 Å². The van der Waals surface area contributed by atoms with E-state index in [0.717, 1.165) is 5.69 Å². The van der Waals surface area contributed by atoms with Crippen molar-refractivity contribution in [2.45, 2.75) is 0 Å². The van der Waals surface area contributed by atoms with Crippen molar-refractivity contribution in [1.29, 1.82) is 0 Å². The minimum Gasteiger partial charge on any atom is -0.387 e. The minimum atomic E-state index is -0.154. The molecular weight excluding hydrogens is 216 g/mol. The SMILES string of the molecule is CNc1ccccc1C(=O)Nc1ccnn1C. The Hall–Kier alpha value is -2.30. The molecule has 88 valence electrons. The molecule has 0 fully saturated rings. The van der Waals surface area contributed by atoms with Crippen molar-refractivity contribution in [1.82, 2.24) is 9.78 Å². The van der Waals surface area contributed by atoms with Crippen LogP contribution in [0.5, 0.6) is 0 Å². The third-order valence-corrected chi connectivity index (χ3v) is 2.50. The van der Waals surface area contributed by atoms with E-state index in [1.54, 1.807) is 37.1 Å². The van der Waals surface area contributed by atoms with Crippen LogP contribution < -0.4 is 10.6 Å². The van der Waals surface area contributed by atoms with Crippen molar-refractivity contribution in [2.24, 2.45) is 7.05 Å². The van der Waals surface area contributed by atoms with Crippen molar-refractivity contribution in [3.63, 3.8) is 0 Å². The Morgan fingerprint density at radius 1 is 1.29 bits per heavy atom. The fourth-order valence-corrected chi connectivity index (χ4v) is 1.58. The molecule has 0 bridgehead atoms. The van der Waals surface area contributed by atoms with Crippen molar-refractivity contribution in [2.75, 3.05) is 17.7 Å². The quantitative estimate of drug-likeness (QED) is 0.844. The number of amides is 1. The first-order valence-corrected chi connectivity index (χ1v) is 5.28. The fraction of sp³-hybridized carbons (Fsp3) is 0.167. The molecule has 0 atom stereocenters. The van der Waals surface area contributed by atoms with E-state index in [4.69, 9.17) is 0 Å². The van der Waals surface area contributed by atoms with Crippen LogP contribution >= 0.6 is 0 Å². The number of nitrogens with zero attached hydrogens (tertiary/aromatic N) is 2. The largest absolute Gasteiger partial charge is 0.387 e. The molecule has 0 spiro atoms. The summed E-state index contributed by atoms with van der Waals surface area (Å²) in [7, 11) is 3.57. The lowest BCUT2D eigenvalue weighted by Gasteiger charge is -2.09. The van der Waals surface area contributed by atoms with E-state index in [2.05, 4.69) is 15.7 Å². The number of nitrogens with one attached hydrogen (secondary N) is 2. The van der Waals surface area contributed by atoms with Gasteiger partial charge in [0, 0.05) is 25.8 Å². The van der Waals surface area contributed by atoms with Gasteiger partial charge in [0.2, 0.25) is 0 Å². The number of hydrogen-bond donors (Lipinski definition) is 2. The molecule has 1 aromatic carbocycles. The number of anilines is 2. The summed E-state index contributed by atoms with van der Waals surface area (Å²) in [5.41, 5.74) is 1.41. The lowest BCUT2D eigenvalue weighted by molar-refractivity contribution is 0.102. The molecule has 2 N–H and O–H groups in total. The van der Waals surface area contributed by atoms with Crippen molar-refractivity contribution < 1.29 is 4.79 Å². The Bertz CT molecular complexity index is 533. The average molecular weight is 230 g/mol. The van der Waals surface area contributed by atoms with E-state index >= 15 is 0 Å². The highest BCUT2D eigenvalue weighted by atomic mass is 16.1. The van der Waals surface area contributed by atoms with Gasteiger partial charge in [-0.15, -0.1) is 0 Å². The van der Waals surface area contributed by atoms with Gasteiger partial charge in [-0.3, -0.25) is 9.48 Å². The summed E-state index contributed by atoms with van der Waals surface area (Å²) in [6.07, 6.45) is 1.64. The maximum atomic E-state index is 12.1. The number of aryl methyl sites for hydroxylation is 1. The van der Waals surface area contributed by atoms with Crippen molar-refractivity contribution in [3.8, 4) is 0 Å². The molecule has 0 unspecified atom stereocenters. The number of benzene rings is 1. The molecule has 17 heavy (non-hydrogen) atoms. The molecule has 2 rings (SSSR count). The Morgan fingerprint density at radius 3 is 2.71 bits per heavy atom. The zero-order chi connectivity index (χ0) is 12.3. The molecule has 0 aliphatic heterocycles. The topological polar surface area (TPSA) is 59.0 Å². The first kappa shape index (κ1) is 11.2. The molecule has 0 radical (unpaired) electrons. The highest BCUT2D eigenvalue weighted by molar-refractivity contribution is 6.07. The molecule has 2 aromatic rings. The molecule has 1 aromatic heterocycles. The van der Waals surface area contributed by atoms with E-state index < -0.39 is 0 Å². The van der Waals surface area contributed by atoms with Crippen LogP contribution in [0.15, 0.2) is 36.5 Å². The van der Waals surface area contributed by atoms with Crippen LogP contribution in [0.2, 0.25) is 0 Å². The average Bonchev–Trinajstić information content (AvgIpc) is 2.75. The summed E-state index contributed by atoms with van der Waals surface area (Å²) in [5.74, 6) is 0.513. The zero-order valence-corrected chi connectivity index (χ0v) is 9.77. The Morgan fingerprint density at radius 2 is 2.06 bits per heavy atom. The van der Waals surface area contributed by atoms with Crippen LogP contribution in [-0.2, 0) is 7.05 Å². The summed E-state index contributed by atoms with van der Waals surface area (Å²) < 4.78 is 1.61. The van der Waals surface area contributed by atoms with Crippen LogP contribution in [0.25, 0.3) is 0 Å². The Balaban J connectivity index is 2.23. The highest BCUT2D eigenvalue weighted by Gasteiger charge is 2.11. The predicted octanol–water partition coefficient (Wildman–Crippen LogP) is 1.71. The van der Waals surface area contributed by atoms with E-state index in [1.807, 2.05) is 18.2 Å². The number of aromatic nitrogens is 2. The van der Waals surface area contributed by atoms with E-state index in [9.17, 15) is 4.79 Å².